The number of nitrogens with two attached hydrogens (primary N) is 2. The van der Waals surface area contributed by atoms with Crippen molar-refractivity contribution >= 4 is 20.6 Å². The summed E-state index contributed by atoms with van der Waals surface area (Å²) >= 11 is 0. The Kier molecular flexibility index (Phi) is 3.38. The van der Waals surface area contributed by atoms with E-state index in [1.807, 2.05) is 0 Å². The van der Waals surface area contributed by atoms with Gasteiger partial charge in [0.2, 0.25) is 0 Å². The molecular weight excluding hydrogens is 260 g/mol. The van der Waals surface area contributed by atoms with Crippen LogP contribution in [0.15, 0.2) is 24.3 Å². The zero-order valence-electron chi connectivity index (χ0n) is 7.73. The molecule has 0 saturated carbocycles. The van der Waals surface area contributed by atoms with Gasteiger partial charge in [0.15, 0.2) is 0 Å². The Bertz CT molecular complexity index is 509. The zero-order chi connectivity index (χ0) is 12.4. The van der Waals surface area contributed by atoms with Crippen LogP contribution in [0.4, 0.5) is 0 Å². The summed E-state index contributed by atoms with van der Waals surface area (Å²) < 4.78 is 50.7. The van der Waals surface area contributed by atoms with E-state index in [9.17, 15) is 16.8 Å². The molecule has 0 unspecified atom stereocenters. The summed E-state index contributed by atoms with van der Waals surface area (Å²) in [6.45, 7) is 0. The molecule has 0 saturated heterocycles. The lowest BCUT2D eigenvalue weighted by atomic mass is 10.3. The van der Waals surface area contributed by atoms with E-state index in [4.69, 9.17) is 0 Å². The van der Waals surface area contributed by atoms with Gasteiger partial charge in [-0.3, -0.25) is 0 Å². The minimum absolute atomic E-state index is 0.0794. The molecule has 0 spiro atoms. The first-order valence-electron chi connectivity index (χ1n) is 3.70. The third-order valence-electron chi connectivity index (χ3n) is 1.25. The Morgan fingerprint density at radius 1 is 0.750 bits per heavy atom. The van der Waals surface area contributed by atoms with Crippen molar-refractivity contribution in [3.05, 3.63) is 24.3 Å². The molecule has 8 nitrogen and oxygen atoms in total. The van der Waals surface area contributed by atoms with E-state index in [-0.39, 0.29) is 11.5 Å². The summed E-state index contributed by atoms with van der Waals surface area (Å²) in [5, 5.41) is 9.22. The number of hydrogen-bond donors (Lipinski definition) is 2. The smallest absolute Gasteiger partial charge is 0.371 e. The van der Waals surface area contributed by atoms with Crippen molar-refractivity contribution in [3.8, 4) is 11.5 Å². The second-order valence-corrected chi connectivity index (χ2v) is 4.93. The number of hydrogen-bond acceptors (Lipinski definition) is 6. The molecule has 0 heterocycles. The highest BCUT2D eigenvalue weighted by molar-refractivity contribution is 7.85. The highest BCUT2D eigenvalue weighted by Crippen LogP contribution is 2.18. The van der Waals surface area contributed by atoms with Crippen molar-refractivity contribution in [2.24, 2.45) is 10.3 Å². The Balaban J connectivity index is 2.84. The minimum atomic E-state index is -4.11. The molecule has 0 aromatic heterocycles. The lowest BCUT2D eigenvalue weighted by molar-refractivity contribution is 0.479. The molecule has 0 bridgehead atoms. The predicted molar refractivity (Wildman–Crippen MR) is 53.9 cm³/mol. The van der Waals surface area contributed by atoms with Gasteiger partial charge in [-0.25, -0.2) is 0 Å². The van der Waals surface area contributed by atoms with Gasteiger partial charge in [-0.05, 0) is 24.3 Å². The van der Waals surface area contributed by atoms with Crippen molar-refractivity contribution in [3.63, 3.8) is 0 Å². The van der Waals surface area contributed by atoms with E-state index in [1.165, 1.54) is 0 Å². The van der Waals surface area contributed by atoms with E-state index in [1.54, 1.807) is 0 Å². The molecule has 1 aromatic carbocycles. The lowest BCUT2D eigenvalue weighted by Gasteiger charge is -2.04. The van der Waals surface area contributed by atoms with Gasteiger partial charge in [0, 0.05) is 0 Å². The fraction of sp³-hybridized carbons (Fsp3) is 0. The molecule has 0 fully saturated rings. The quantitative estimate of drug-likeness (QED) is 0.706. The SMILES string of the molecule is NS(=O)(=O)Oc1ccc(OS(N)(=O)=O)cc1. The highest BCUT2D eigenvalue weighted by atomic mass is 32.2. The van der Waals surface area contributed by atoms with Crippen molar-refractivity contribution in [1.29, 1.82) is 0 Å². The zero-order valence-corrected chi connectivity index (χ0v) is 9.36. The molecule has 1 aromatic rings. The fourth-order valence-electron chi connectivity index (χ4n) is 0.819. The summed E-state index contributed by atoms with van der Waals surface area (Å²) in [6, 6.07) is 4.63. The summed E-state index contributed by atoms with van der Waals surface area (Å²) in [5.74, 6) is -0.159. The second kappa shape index (κ2) is 4.25. The summed E-state index contributed by atoms with van der Waals surface area (Å²) in [5.41, 5.74) is 0. The fourth-order valence-corrected chi connectivity index (χ4v) is 1.58. The molecule has 0 aliphatic carbocycles. The van der Waals surface area contributed by atoms with Crippen LogP contribution in [0.1, 0.15) is 0 Å². The average Bonchev–Trinajstić information content (AvgIpc) is 2.03. The number of rotatable bonds is 4. The van der Waals surface area contributed by atoms with Gasteiger partial charge in [0.25, 0.3) is 0 Å². The van der Waals surface area contributed by atoms with Crippen LogP contribution in [0, 0.1) is 0 Å². The predicted octanol–water partition coefficient (Wildman–Crippen LogP) is -1.15. The first kappa shape index (κ1) is 12.7. The monoisotopic (exact) mass is 268 g/mol. The van der Waals surface area contributed by atoms with Gasteiger partial charge in [-0.15, -0.1) is 0 Å². The van der Waals surface area contributed by atoms with E-state index < -0.39 is 20.6 Å². The normalized spacial score (nSPS) is 12.1. The van der Waals surface area contributed by atoms with Crippen molar-refractivity contribution in [1.82, 2.24) is 0 Å². The van der Waals surface area contributed by atoms with Gasteiger partial charge in [0.05, 0.1) is 0 Å². The lowest BCUT2D eigenvalue weighted by Crippen LogP contribution is -2.19. The Morgan fingerprint density at radius 2 is 1.00 bits per heavy atom. The van der Waals surface area contributed by atoms with Gasteiger partial charge < -0.3 is 8.37 Å². The molecule has 0 aliphatic heterocycles. The highest BCUT2D eigenvalue weighted by Gasteiger charge is 2.07. The second-order valence-electron chi connectivity index (χ2n) is 2.62. The summed E-state index contributed by atoms with van der Waals surface area (Å²) in [7, 11) is -8.22. The van der Waals surface area contributed by atoms with Crippen LogP contribution in [-0.2, 0) is 20.6 Å². The van der Waals surface area contributed by atoms with Gasteiger partial charge in [-0.1, -0.05) is 0 Å². The molecule has 4 N–H and O–H groups in total. The molecule has 0 aliphatic rings. The van der Waals surface area contributed by atoms with Crippen LogP contribution in [0.3, 0.4) is 0 Å². The minimum Gasteiger partial charge on any atom is -0.371 e. The summed E-state index contributed by atoms with van der Waals surface area (Å²) in [6.07, 6.45) is 0. The maximum atomic E-state index is 10.5. The van der Waals surface area contributed by atoms with Crippen LogP contribution in [0.2, 0.25) is 0 Å². The van der Waals surface area contributed by atoms with Crippen LogP contribution in [-0.4, -0.2) is 16.8 Å². The Labute approximate surface area is 92.3 Å². The van der Waals surface area contributed by atoms with Crippen molar-refractivity contribution < 1.29 is 25.2 Å². The van der Waals surface area contributed by atoms with E-state index in [0.717, 1.165) is 24.3 Å². The van der Waals surface area contributed by atoms with Gasteiger partial charge in [-0.2, -0.15) is 27.1 Å². The topological polar surface area (TPSA) is 139 Å². The third-order valence-corrected chi connectivity index (χ3v) is 2.10. The standard InChI is InChI=1S/C6H8N2O6S2/c7-15(9,10)13-5-1-2-6(4-3-5)14-16(8,11)12/h1-4H,(H2,7,9,10)(H2,8,11,12). The molecule has 0 radical (unpaired) electrons. The molecule has 10 heteroatoms. The van der Waals surface area contributed by atoms with E-state index in [0.29, 0.717) is 0 Å². The maximum absolute atomic E-state index is 10.5. The van der Waals surface area contributed by atoms with E-state index in [2.05, 4.69) is 18.6 Å². The Morgan fingerprint density at radius 3 is 1.19 bits per heavy atom. The van der Waals surface area contributed by atoms with Crippen molar-refractivity contribution in [2.75, 3.05) is 0 Å². The van der Waals surface area contributed by atoms with Crippen LogP contribution in [0.25, 0.3) is 0 Å². The first-order chi connectivity index (χ1) is 7.16. The van der Waals surface area contributed by atoms with Gasteiger partial charge >= 0.3 is 20.6 Å². The largest absolute Gasteiger partial charge is 0.380 e. The maximum Gasteiger partial charge on any atom is 0.380 e. The molecular formula is C6H8N2O6S2. The van der Waals surface area contributed by atoms with Gasteiger partial charge in [0.1, 0.15) is 11.5 Å². The molecule has 90 valence electrons. The Hall–Kier alpha value is -1.36. The molecule has 1 rings (SSSR count). The first-order valence-corrected chi connectivity index (χ1v) is 6.64. The van der Waals surface area contributed by atoms with E-state index >= 15 is 0 Å². The number of benzene rings is 1. The van der Waals surface area contributed by atoms with Crippen LogP contribution in [0.5, 0.6) is 11.5 Å². The van der Waals surface area contributed by atoms with Crippen LogP contribution >= 0.6 is 0 Å². The van der Waals surface area contributed by atoms with Crippen molar-refractivity contribution in [2.45, 2.75) is 0 Å². The molecule has 16 heavy (non-hydrogen) atoms. The molecule has 0 amide bonds. The van der Waals surface area contributed by atoms with Crippen LogP contribution < -0.4 is 18.6 Å². The summed E-state index contributed by atoms with van der Waals surface area (Å²) in [4.78, 5) is 0. The molecule has 0 atom stereocenters. The third kappa shape index (κ3) is 4.93. The average molecular weight is 268 g/mol.